The van der Waals surface area contributed by atoms with Crippen molar-refractivity contribution < 1.29 is 9.72 Å². The Hall–Kier alpha value is -1.43. The lowest BCUT2D eigenvalue weighted by atomic mass is 10.0. The highest BCUT2D eigenvalue weighted by Gasteiger charge is 2.27. The van der Waals surface area contributed by atoms with Crippen molar-refractivity contribution >= 4 is 27.5 Å². The van der Waals surface area contributed by atoms with Gasteiger partial charge in [-0.3, -0.25) is 14.9 Å². The van der Waals surface area contributed by atoms with E-state index in [1.54, 1.807) is 19.1 Å². The van der Waals surface area contributed by atoms with Gasteiger partial charge in [0.05, 0.1) is 4.92 Å². The third kappa shape index (κ3) is 3.81. The Morgan fingerprint density at radius 1 is 1.33 bits per heavy atom. The Morgan fingerprint density at radius 3 is 2.76 bits per heavy atom. The maximum atomic E-state index is 12.5. The molecule has 1 saturated carbocycles. The predicted octanol–water partition coefficient (Wildman–Crippen LogP) is 3.73. The van der Waals surface area contributed by atoms with Gasteiger partial charge in [-0.05, 0) is 25.3 Å². The molecular formula is C15H19BrN2O3. The molecule has 0 saturated heterocycles. The summed E-state index contributed by atoms with van der Waals surface area (Å²) in [5, 5.41) is 14.1. The lowest BCUT2D eigenvalue weighted by Crippen LogP contribution is -2.40. The first kappa shape index (κ1) is 15.9. The fourth-order valence-electron chi connectivity index (χ4n) is 2.77. The molecule has 0 spiro atoms. The molecule has 1 fully saturated rings. The number of carbonyl (C=O) groups is 1. The Bertz CT molecular complexity index is 548. The summed E-state index contributed by atoms with van der Waals surface area (Å²) < 4.78 is 0. The van der Waals surface area contributed by atoms with Crippen LogP contribution >= 0.6 is 15.9 Å². The molecule has 2 atom stereocenters. The van der Waals surface area contributed by atoms with Gasteiger partial charge in [-0.25, -0.2) is 0 Å². The maximum absolute atomic E-state index is 12.5. The number of carbonyl (C=O) groups excluding carboxylic acids is 1. The zero-order valence-electron chi connectivity index (χ0n) is 12.0. The molecule has 0 heterocycles. The molecule has 1 aromatic rings. The number of aryl methyl sites for hydroxylation is 1. The quantitative estimate of drug-likeness (QED) is 0.389. The number of halogens is 1. The highest BCUT2D eigenvalue weighted by molar-refractivity contribution is 9.09. The minimum atomic E-state index is -0.499. The summed E-state index contributed by atoms with van der Waals surface area (Å²) in [6.45, 7) is 1.72. The van der Waals surface area contributed by atoms with Gasteiger partial charge < -0.3 is 5.32 Å². The lowest BCUT2D eigenvalue weighted by molar-refractivity contribution is -0.385. The second kappa shape index (κ2) is 7.02. The van der Waals surface area contributed by atoms with Gasteiger partial charge >= 0.3 is 0 Å². The SMILES string of the molecule is Cc1cccc([N+](=O)[O-])c1C(=O)NC1CCCCCC1Br. The molecule has 1 amide bonds. The summed E-state index contributed by atoms with van der Waals surface area (Å²) >= 11 is 3.62. The van der Waals surface area contributed by atoms with E-state index >= 15 is 0 Å². The van der Waals surface area contributed by atoms with Gasteiger partial charge in [0.1, 0.15) is 5.56 Å². The Balaban J connectivity index is 2.22. The molecule has 114 valence electrons. The van der Waals surface area contributed by atoms with Crippen molar-refractivity contribution in [1.82, 2.24) is 5.32 Å². The molecule has 5 nitrogen and oxygen atoms in total. The number of amides is 1. The number of nitrogens with one attached hydrogen (secondary N) is 1. The van der Waals surface area contributed by atoms with Crippen LogP contribution in [0, 0.1) is 17.0 Å². The van der Waals surface area contributed by atoms with E-state index in [-0.39, 0.29) is 28.0 Å². The molecule has 0 aromatic heterocycles. The standard InChI is InChI=1S/C15H19BrN2O3/c1-10-6-5-9-13(18(20)21)14(10)15(19)17-12-8-4-2-3-7-11(12)16/h5-6,9,11-12H,2-4,7-8H2,1H3,(H,17,19). The van der Waals surface area contributed by atoms with Crippen molar-refractivity contribution in [3.63, 3.8) is 0 Å². The zero-order chi connectivity index (χ0) is 15.4. The van der Waals surface area contributed by atoms with Gasteiger partial charge in [0.25, 0.3) is 11.6 Å². The summed E-state index contributed by atoms with van der Waals surface area (Å²) in [4.78, 5) is 23.3. The second-order valence-electron chi connectivity index (χ2n) is 5.46. The highest BCUT2D eigenvalue weighted by Crippen LogP contribution is 2.26. The van der Waals surface area contributed by atoms with E-state index in [1.807, 2.05) is 0 Å². The molecule has 1 N–H and O–H groups in total. The number of hydrogen-bond acceptors (Lipinski definition) is 3. The summed E-state index contributed by atoms with van der Waals surface area (Å²) in [6, 6.07) is 4.73. The molecular weight excluding hydrogens is 336 g/mol. The van der Waals surface area contributed by atoms with Crippen LogP contribution in [-0.4, -0.2) is 21.7 Å². The van der Waals surface area contributed by atoms with E-state index in [1.165, 1.54) is 12.5 Å². The van der Waals surface area contributed by atoms with Gasteiger partial charge in [0, 0.05) is 16.9 Å². The number of rotatable bonds is 3. The van der Waals surface area contributed by atoms with E-state index in [0.717, 1.165) is 25.7 Å². The monoisotopic (exact) mass is 354 g/mol. The van der Waals surface area contributed by atoms with Crippen LogP contribution < -0.4 is 5.32 Å². The minimum absolute atomic E-state index is 0.0270. The smallest absolute Gasteiger partial charge is 0.282 e. The van der Waals surface area contributed by atoms with E-state index in [0.29, 0.717) is 5.56 Å². The number of hydrogen-bond donors (Lipinski definition) is 1. The van der Waals surface area contributed by atoms with Crippen LogP contribution in [0.1, 0.15) is 48.0 Å². The van der Waals surface area contributed by atoms with E-state index in [4.69, 9.17) is 0 Å². The third-order valence-corrected chi connectivity index (χ3v) is 5.02. The average Bonchev–Trinajstić information content (AvgIpc) is 2.63. The largest absolute Gasteiger partial charge is 0.348 e. The highest BCUT2D eigenvalue weighted by atomic mass is 79.9. The van der Waals surface area contributed by atoms with E-state index < -0.39 is 4.92 Å². The second-order valence-corrected chi connectivity index (χ2v) is 6.64. The molecule has 1 aliphatic carbocycles. The van der Waals surface area contributed by atoms with Crippen molar-refractivity contribution in [2.24, 2.45) is 0 Å². The fraction of sp³-hybridized carbons (Fsp3) is 0.533. The van der Waals surface area contributed by atoms with Crippen LogP contribution in [0.3, 0.4) is 0 Å². The Labute approximate surface area is 132 Å². The van der Waals surface area contributed by atoms with Gasteiger partial charge in [-0.1, -0.05) is 47.3 Å². The normalized spacial score (nSPS) is 22.4. The Kier molecular flexibility index (Phi) is 5.33. The third-order valence-electron chi connectivity index (χ3n) is 3.92. The summed E-state index contributed by atoms with van der Waals surface area (Å²) in [6.07, 6.45) is 5.30. The van der Waals surface area contributed by atoms with Crippen molar-refractivity contribution in [2.45, 2.75) is 49.9 Å². The molecule has 2 unspecified atom stereocenters. The first-order chi connectivity index (χ1) is 10.0. The number of nitro benzene ring substituents is 1. The molecule has 1 aliphatic rings. The number of nitrogens with zero attached hydrogens (tertiary/aromatic N) is 1. The molecule has 2 rings (SSSR count). The van der Waals surface area contributed by atoms with Gasteiger partial charge in [-0.2, -0.15) is 0 Å². The molecule has 0 radical (unpaired) electrons. The van der Waals surface area contributed by atoms with Crippen molar-refractivity contribution in [3.8, 4) is 0 Å². The van der Waals surface area contributed by atoms with Crippen LogP contribution in [0.25, 0.3) is 0 Å². The van der Waals surface area contributed by atoms with Crippen LogP contribution in [0.4, 0.5) is 5.69 Å². The summed E-state index contributed by atoms with van der Waals surface area (Å²) in [5.74, 6) is -0.351. The lowest BCUT2D eigenvalue weighted by Gasteiger charge is -2.21. The number of nitro groups is 1. The first-order valence-corrected chi connectivity index (χ1v) is 8.11. The van der Waals surface area contributed by atoms with Gasteiger partial charge in [0.2, 0.25) is 0 Å². The van der Waals surface area contributed by atoms with Gasteiger partial charge in [0.15, 0.2) is 0 Å². The van der Waals surface area contributed by atoms with Crippen LogP contribution in [0.5, 0.6) is 0 Å². The van der Waals surface area contributed by atoms with E-state index in [9.17, 15) is 14.9 Å². The topological polar surface area (TPSA) is 72.2 Å². The van der Waals surface area contributed by atoms with Crippen molar-refractivity contribution in [1.29, 1.82) is 0 Å². The summed E-state index contributed by atoms with van der Waals surface area (Å²) in [5.41, 5.74) is 0.667. The van der Waals surface area contributed by atoms with Crippen LogP contribution in [0.2, 0.25) is 0 Å². The van der Waals surface area contributed by atoms with E-state index in [2.05, 4.69) is 21.2 Å². The molecule has 1 aromatic carbocycles. The molecule has 0 aliphatic heterocycles. The number of alkyl halides is 1. The molecule has 6 heteroatoms. The van der Waals surface area contributed by atoms with Crippen molar-refractivity contribution in [3.05, 3.63) is 39.4 Å². The van der Waals surface area contributed by atoms with Gasteiger partial charge in [-0.15, -0.1) is 0 Å². The fourth-order valence-corrected chi connectivity index (χ4v) is 3.49. The predicted molar refractivity (Wildman–Crippen MR) is 84.9 cm³/mol. The summed E-state index contributed by atoms with van der Waals surface area (Å²) in [7, 11) is 0. The first-order valence-electron chi connectivity index (χ1n) is 7.19. The minimum Gasteiger partial charge on any atom is -0.348 e. The van der Waals surface area contributed by atoms with Crippen molar-refractivity contribution in [2.75, 3.05) is 0 Å². The zero-order valence-corrected chi connectivity index (χ0v) is 13.6. The van der Waals surface area contributed by atoms with Crippen LogP contribution in [0.15, 0.2) is 18.2 Å². The number of benzene rings is 1. The maximum Gasteiger partial charge on any atom is 0.282 e. The molecule has 21 heavy (non-hydrogen) atoms. The molecule has 0 bridgehead atoms. The Morgan fingerprint density at radius 2 is 2.05 bits per heavy atom. The van der Waals surface area contributed by atoms with Crippen LogP contribution in [-0.2, 0) is 0 Å². The average molecular weight is 355 g/mol.